The minimum absolute atomic E-state index is 0.606. The third-order valence-electron chi connectivity index (χ3n) is 4.99. The van der Waals surface area contributed by atoms with E-state index in [0.717, 1.165) is 5.75 Å². The molecule has 98 valence electrons. The zero-order chi connectivity index (χ0) is 12.8. The van der Waals surface area contributed by atoms with Crippen LogP contribution >= 0.6 is 0 Å². The smallest absolute Gasteiger partial charge is 0.122 e. The Morgan fingerprint density at radius 2 is 1.94 bits per heavy atom. The Balaban J connectivity index is 1.90. The Kier molecular flexibility index (Phi) is 2.86. The van der Waals surface area contributed by atoms with Gasteiger partial charge >= 0.3 is 0 Å². The van der Waals surface area contributed by atoms with Crippen LogP contribution in [0.15, 0.2) is 12.1 Å². The van der Waals surface area contributed by atoms with Gasteiger partial charge in [-0.05, 0) is 67.2 Å². The molecule has 0 radical (unpaired) electrons. The molecule has 1 aliphatic heterocycles. The Hall–Kier alpha value is -1.02. The van der Waals surface area contributed by atoms with Crippen LogP contribution in [-0.4, -0.2) is 20.2 Å². The average molecular weight is 245 g/mol. The van der Waals surface area contributed by atoms with Gasteiger partial charge in [0, 0.05) is 13.1 Å². The molecule has 2 nitrogen and oxygen atoms in total. The fourth-order valence-corrected chi connectivity index (χ4v) is 3.58. The number of hydrogen-bond donors (Lipinski definition) is 1. The van der Waals surface area contributed by atoms with Crippen LogP contribution in [0.3, 0.4) is 0 Å². The number of rotatable bonds is 2. The molecule has 1 spiro atoms. The molecule has 18 heavy (non-hydrogen) atoms. The molecule has 1 aromatic carbocycles. The van der Waals surface area contributed by atoms with E-state index in [2.05, 4.69) is 31.3 Å². The van der Waals surface area contributed by atoms with Crippen molar-refractivity contribution in [3.05, 3.63) is 28.8 Å². The van der Waals surface area contributed by atoms with Gasteiger partial charge in [0.25, 0.3) is 0 Å². The van der Waals surface area contributed by atoms with Crippen molar-refractivity contribution in [2.75, 3.05) is 20.2 Å². The number of methoxy groups -OCH3 is 1. The molecule has 1 N–H and O–H groups in total. The second-order valence-corrected chi connectivity index (χ2v) is 6.22. The van der Waals surface area contributed by atoms with Crippen LogP contribution in [-0.2, 0) is 0 Å². The monoisotopic (exact) mass is 245 g/mol. The molecule has 2 fully saturated rings. The second-order valence-electron chi connectivity index (χ2n) is 6.22. The minimum Gasteiger partial charge on any atom is -0.496 e. The first-order valence-electron chi connectivity index (χ1n) is 6.99. The first-order chi connectivity index (χ1) is 8.63. The second kappa shape index (κ2) is 4.27. The Labute approximate surface area is 110 Å². The third kappa shape index (κ3) is 1.83. The van der Waals surface area contributed by atoms with Gasteiger partial charge in [-0.3, -0.25) is 0 Å². The summed E-state index contributed by atoms with van der Waals surface area (Å²) in [7, 11) is 1.79. The van der Waals surface area contributed by atoms with Crippen LogP contribution in [0.4, 0.5) is 0 Å². The number of nitrogens with one attached hydrogen (secondary N) is 1. The fraction of sp³-hybridized carbons (Fsp3) is 0.625. The van der Waals surface area contributed by atoms with Crippen LogP contribution in [0.25, 0.3) is 0 Å². The van der Waals surface area contributed by atoms with Gasteiger partial charge in [0.1, 0.15) is 5.75 Å². The van der Waals surface area contributed by atoms with Crippen molar-refractivity contribution in [2.45, 2.75) is 39.0 Å². The van der Waals surface area contributed by atoms with E-state index in [4.69, 9.17) is 4.74 Å². The maximum atomic E-state index is 5.60. The van der Waals surface area contributed by atoms with E-state index in [-0.39, 0.29) is 0 Å². The van der Waals surface area contributed by atoms with E-state index in [1.807, 2.05) is 0 Å². The Morgan fingerprint density at radius 3 is 2.50 bits per heavy atom. The molecule has 0 amide bonds. The van der Waals surface area contributed by atoms with Crippen LogP contribution in [0.2, 0.25) is 0 Å². The molecule has 1 saturated carbocycles. The van der Waals surface area contributed by atoms with Gasteiger partial charge in [-0.15, -0.1) is 0 Å². The van der Waals surface area contributed by atoms with Crippen molar-refractivity contribution in [2.24, 2.45) is 5.41 Å². The van der Waals surface area contributed by atoms with Gasteiger partial charge in [-0.25, -0.2) is 0 Å². The van der Waals surface area contributed by atoms with Gasteiger partial charge in [-0.1, -0.05) is 6.07 Å². The lowest BCUT2D eigenvalue weighted by Crippen LogP contribution is -2.51. The van der Waals surface area contributed by atoms with Crippen LogP contribution < -0.4 is 10.1 Å². The summed E-state index contributed by atoms with van der Waals surface area (Å²) in [5.74, 6) is 1.79. The Morgan fingerprint density at radius 1 is 1.22 bits per heavy atom. The maximum absolute atomic E-state index is 5.60. The van der Waals surface area contributed by atoms with Crippen molar-refractivity contribution in [3.8, 4) is 5.75 Å². The molecule has 0 aromatic heterocycles. The molecule has 2 heteroatoms. The fourth-order valence-electron chi connectivity index (χ4n) is 3.58. The minimum atomic E-state index is 0.606. The largest absolute Gasteiger partial charge is 0.496 e. The van der Waals surface area contributed by atoms with E-state index in [1.54, 1.807) is 7.11 Å². The summed E-state index contributed by atoms with van der Waals surface area (Å²) in [6.45, 7) is 6.80. The normalized spacial score (nSPS) is 25.2. The van der Waals surface area contributed by atoms with Gasteiger partial charge in [-0.2, -0.15) is 0 Å². The van der Waals surface area contributed by atoms with Crippen molar-refractivity contribution < 1.29 is 4.74 Å². The molecule has 3 rings (SSSR count). The van der Waals surface area contributed by atoms with Crippen LogP contribution in [0.5, 0.6) is 5.75 Å². The third-order valence-corrected chi connectivity index (χ3v) is 4.99. The van der Waals surface area contributed by atoms with Gasteiger partial charge < -0.3 is 10.1 Å². The molecule has 1 atom stereocenters. The molecule has 1 heterocycles. The topological polar surface area (TPSA) is 21.3 Å². The molecular formula is C16H23NO. The van der Waals surface area contributed by atoms with Gasteiger partial charge in [0.15, 0.2) is 0 Å². The van der Waals surface area contributed by atoms with E-state index in [1.165, 1.54) is 49.0 Å². The van der Waals surface area contributed by atoms with E-state index < -0.39 is 0 Å². The lowest BCUT2D eigenvalue weighted by atomic mass is 9.78. The number of ether oxygens (including phenoxy) is 1. The highest BCUT2D eigenvalue weighted by molar-refractivity contribution is 5.44. The standard InChI is InChI=1S/C16H23NO/c1-11-6-14(15(18-3)7-12(11)2)13-4-5-16(8-13)9-17-10-16/h6-7,13,17H,4-5,8-10H2,1-3H3. The first-order valence-corrected chi connectivity index (χ1v) is 6.99. The molecule has 1 unspecified atom stereocenters. The lowest BCUT2D eigenvalue weighted by molar-refractivity contribution is 0.175. The maximum Gasteiger partial charge on any atom is 0.122 e. The summed E-state index contributed by atoms with van der Waals surface area (Å²) in [6, 6.07) is 4.55. The molecule has 1 aliphatic carbocycles. The summed E-state index contributed by atoms with van der Waals surface area (Å²) in [5, 5.41) is 3.43. The first kappa shape index (κ1) is 12.0. The predicted octanol–water partition coefficient (Wildman–Crippen LogP) is 3.17. The average Bonchev–Trinajstić information content (AvgIpc) is 2.77. The van der Waals surface area contributed by atoms with Crippen LogP contribution in [0.1, 0.15) is 41.9 Å². The summed E-state index contributed by atoms with van der Waals surface area (Å²) in [4.78, 5) is 0. The van der Waals surface area contributed by atoms with E-state index >= 15 is 0 Å². The molecule has 2 aliphatic rings. The highest BCUT2D eigenvalue weighted by Gasteiger charge is 2.44. The van der Waals surface area contributed by atoms with E-state index in [9.17, 15) is 0 Å². The highest BCUT2D eigenvalue weighted by Crippen LogP contribution is 2.50. The predicted molar refractivity (Wildman–Crippen MR) is 74.4 cm³/mol. The van der Waals surface area contributed by atoms with Gasteiger partial charge in [0.2, 0.25) is 0 Å². The van der Waals surface area contributed by atoms with Crippen molar-refractivity contribution in [1.82, 2.24) is 5.32 Å². The van der Waals surface area contributed by atoms with Crippen LogP contribution in [0, 0.1) is 19.3 Å². The van der Waals surface area contributed by atoms with E-state index in [0.29, 0.717) is 11.3 Å². The summed E-state index contributed by atoms with van der Waals surface area (Å²) < 4.78 is 5.60. The number of aryl methyl sites for hydroxylation is 2. The molecule has 1 saturated heterocycles. The zero-order valence-electron chi connectivity index (χ0n) is 11.7. The SMILES string of the molecule is COc1cc(C)c(C)cc1C1CCC2(CNC2)C1. The molecule has 0 bridgehead atoms. The zero-order valence-corrected chi connectivity index (χ0v) is 11.7. The lowest BCUT2D eigenvalue weighted by Gasteiger charge is -2.39. The highest BCUT2D eigenvalue weighted by atomic mass is 16.5. The quantitative estimate of drug-likeness (QED) is 0.864. The van der Waals surface area contributed by atoms with Crippen molar-refractivity contribution in [3.63, 3.8) is 0 Å². The van der Waals surface area contributed by atoms with Crippen molar-refractivity contribution in [1.29, 1.82) is 0 Å². The van der Waals surface area contributed by atoms with Crippen molar-refractivity contribution >= 4 is 0 Å². The summed E-state index contributed by atoms with van der Waals surface area (Å²) in [5.41, 5.74) is 4.76. The van der Waals surface area contributed by atoms with Gasteiger partial charge in [0.05, 0.1) is 7.11 Å². The number of benzene rings is 1. The summed E-state index contributed by atoms with van der Waals surface area (Å²) >= 11 is 0. The number of hydrogen-bond acceptors (Lipinski definition) is 2. The Bertz CT molecular complexity index is 462. The summed E-state index contributed by atoms with van der Waals surface area (Å²) in [6.07, 6.45) is 4.03. The molecular weight excluding hydrogens is 222 g/mol. The molecule has 1 aromatic rings.